The molecule has 2 nitrogen and oxygen atoms in total. The second-order valence-electron chi connectivity index (χ2n) is 15.6. The third kappa shape index (κ3) is 5.57. The van der Waals surface area contributed by atoms with E-state index in [2.05, 4.69) is 229 Å². The number of benzene rings is 11. The molecule has 0 saturated carbocycles. The molecule has 0 fully saturated rings. The lowest BCUT2D eigenvalue weighted by atomic mass is 9.95. The fraction of sp³-hybridized carbons (Fsp3) is 0. The third-order valence-electron chi connectivity index (χ3n) is 12.2. The molecule has 0 bridgehead atoms. The molecule has 1 heterocycles. The molecule has 12 rings (SSSR count). The van der Waals surface area contributed by atoms with Crippen LogP contribution in [0, 0.1) is 0 Å². The van der Waals surface area contributed by atoms with E-state index >= 15 is 0 Å². The van der Waals surface area contributed by atoms with Crippen molar-refractivity contribution in [1.29, 1.82) is 0 Å². The van der Waals surface area contributed by atoms with E-state index in [9.17, 15) is 0 Å². The van der Waals surface area contributed by atoms with Crippen LogP contribution in [0.4, 0.5) is 17.1 Å². The Kier molecular flexibility index (Phi) is 7.89. The summed E-state index contributed by atoms with van der Waals surface area (Å²) in [6.45, 7) is 0. The molecule has 0 atom stereocenters. The van der Waals surface area contributed by atoms with Crippen LogP contribution in [0.2, 0.25) is 0 Å². The normalized spacial score (nSPS) is 11.7. The van der Waals surface area contributed by atoms with Gasteiger partial charge >= 0.3 is 0 Å². The van der Waals surface area contributed by atoms with Gasteiger partial charge in [0.2, 0.25) is 0 Å². The Hall–Kier alpha value is -7.94. The van der Waals surface area contributed by atoms with Gasteiger partial charge in [0.25, 0.3) is 0 Å². The van der Waals surface area contributed by atoms with E-state index in [1.807, 2.05) is 0 Å². The topological polar surface area (TPSA) is 16.4 Å². The highest BCUT2D eigenvalue weighted by molar-refractivity contribution is 6.16. The first-order valence-electron chi connectivity index (χ1n) is 20.6. The molecule has 2 heteroatoms. The van der Waals surface area contributed by atoms with Crippen molar-refractivity contribution >= 4 is 82.1 Å². The molecule has 11 aromatic carbocycles. The van der Waals surface area contributed by atoms with E-state index in [0.717, 1.165) is 55.5 Å². The fourth-order valence-electron chi connectivity index (χ4n) is 9.36. The second-order valence-corrected chi connectivity index (χ2v) is 15.6. The standard InChI is InChI=1S/C58H37NO/c1-4-18-46-39(12-1)15-10-22-48(46)43-17-9-16-42(36-43)38-26-31-45(32-27-38)59(56-25-11-23-51-47-19-5-2-13-40(47)28-33-52(51)56)55-24-8-7-20-49(55)44-30-35-57-54(37-44)53-34-29-41-14-3-6-21-50(41)58(53)60-57/h1-37H. The molecule has 0 amide bonds. The number of nitrogens with zero attached hydrogens (tertiary/aromatic N) is 1. The summed E-state index contributed by atoms with van der Waals surface area (Å²) in [7, 11) is 0. The van der Waals surface area contributed by atoms with Crippen LogP contribution in [0.25, 0.3) is 98.4 Å². The molecule has 0 radical (unpaired) electrons. The van der Waals surface area contributed by atoms with Gasteiger partial charge in [-0.1, -0.05) is 176 Å². The quantitative estimate of drug-likeness (QED) is 0.157. The molecule has 0 spiro atoms. The first-order chi connectivity index (χ1) is 29.7. The third-order valence-corrected chi connectivity index (χ3v) is 12.2. The Balaban J connectivity index is 1.02. The highest BCUT2D eigenvalue weighted by Gasteiger charge is 2.21. The van der Waals surface area contributed by atoms with Crippen molar-refractivity contribution in [2.45, 2.75) is 0 Å². The zero-order chi connectivity index (χ0) is 39.6. The monoisotopic (exact) mass is 763 g/mol. The molecule has 0 N–H and O–H groups in total. The van der Waals surface area contributed by atoms with Crippen LogP contribution in [0.5, 0.6) is 0 Å². The predicted octanol–water partition coefficient (Wildman–Crippen LogP) is 16.7. The van der Waals surface area contributed by atoms with E-state index in [1.54, 1.807) is 0 Å². The smallest absolute Gasteiger partial charge is 0.143 e. The van der Waals surface area contributed by atoms with Crippen molar-refractivity contribution in [3.8, 4) is 33.4 Å². The summed E-state index contributed by atoms with van der Waals surface area (Å²) < 4.78 is 6.54. The zero-order valence-corrected chi connectivity index (χ0v) is 32.7. The summed E-state index contributed by atoms with van der Waals surface area (Å²) in [4.78, 5) is 2.44. The number of furan rings is 1. The predicted molar refractivity (Wildman–Crippen MR) is 255 cm³/mol. The molecule has 1 aromatic heterocycles. The van der Waals surface area contributed by atoms with Crippen LogP contribution in [-0.4, -0.2) is 0 Å². The zero-order valence-electron chi connectivity index (χ0n) is 32.7. The first kappa shape index (κ1) is 34.1. The number of anilines is 3. The van der Waals surface area contributed by atoms with Crippen molar-refractivity contribution < 1.29 is 4.42 Å². The van der Waals surface area contributed by atoms with Crippen molar-refractivity contribution in [1.82, 2.24) is 0 Å². The SMILES string of the molecule is c1cc(-c2ccc(N(c3ccccc3-c3ccc4oc5c6ccccc6ccc5c4c3)c3cccc4c3ccc3ccccc34)cc2)cc(-c2cccc3ccccc23)c1. The maximum Gasteiger partial charge on any atom is 0.143 e. The Morgan fingerprint density at radius 3 is 1.70 bits per heavy atom. The van der Waals surface area contributed by atoms with Crippen molar-refractivity contribution in [2.75, 3.05) is 4.90 Å². The average Bonchev–Trinajstić information content (AvgIpc) is 3.70. The van der Waals surface area contributed by atoms with Crippen molar-refractivity contribution in [2.24, 2.45) is 0 Å². The number of hydrogen-bond acceptors (Lipinski definition) is 2. The molecule has 0 unspecified atom stereocenters. The van der Waals surface area contributed by atoms with Gasteiger partial charge in [-0.3, -0.25) is 0 Å². The van der Waals surface area contributed by atoms with Crippen LogP contribution >= 0.6 is 0 Å². The Labute approximate surface area is 347 Å². The Morgan fingerprint density at radius 1 is 0.283 bits per heavy atom. The van der Waals surface area contributed by atoms with Gasteiger partial charge in [-0.2, -0.15) is 0 Å². The Bertz CT molecular complexity index is 3610. The molecule has 0 saturated heterocycles. The van der Waals surface area contributed by atoms with Crippen LogP contribution in [-0.2, 0) is 0 Å². The van der Waals surface area contributed by atoms with Crippen molar-refractivity contribution in [3.05, 3.63) is 224 Å². The lowest BCUT2D eigenvalue weighted by Gasteiger charge is -2.29. The van der Waals surface area contributed by atoms with E-state index in [4.69, 9.17) is 4.42 Å². The molecule has 0 aliphatic rings. The maximum absolute atomic E-state index is 6.54. The first-order valence-corrected chi connectivity index (χ1v) is 20.6. The summed E-state index contributed by atoms with van der Waals surface area (Å²) in [5, 5.41) is 12.0. The molecule has 60 heavy (non-hydrogen) atoms. The van der Waals surface area contributed by atoms with Crippen LogP contribution in [0.3, 0.4) is 0 Å². The van der Waals surface area contributed by atoms with Crippen LogP contribution in [0.1, 0.15) is 0 Å². The number of fused-ring (bicyclic) bond motifs is 9. The second kappa shape index (κ2) is 13.9. The van der Waals surface area contributed by atoms with E-state index in [-0.39, 0.29) is 0 Å². The van der Waals surface area contributed by atoms with Gasteiger partial charge in [0.1, 0.15) is 11.2 Å². The van der Waals surface area contributed by atoms with Crippen LogP contribution < -0.4 is 4.90 Å². The highest BCUT2D eigenvalue weighted by Crippen LogP contribution is 2.46. The van der Waals surface area contributed by atoms with Gasteiger partial charge in [-0.15, -0.1) is 0 Å². The minimum atomic E-state index is 0.889. The number of para-hydroxylation sites is 1. The van der Waals surface area contributed by atoms with Crippen LogP contribution in [0.15, 0.2) is 229 Å². The van der Waals surface area contributed by atoms with Gasteiger partial charge in [-0.05, 0) is 109 Å². The van der Waals surface area contributed by atoms with Gasteiger partial charge < -0.3 is 9.32 Å². The minimum Gasteiger partial charge on any atom is -0.455 e. The lowest BCUT2D eigenvalue weighted by molar-refractivity contribution is 0.672. The van der Waals surface area contributed by atoms with E-state index < -0.39 is 0 Å². The summed E-state index contributed by atoms with van der Waals surface area (Å²) in [5.74, 6) is 0. The fourth-order valence-corrected chi connectivity index (χ4v) is 9.36. The van der Waals surface area contributed by atoms with Gasteiger partial charge in [0.15, 0.2) is 0 Å². The summed E-state index contributed by atoms with van der Waals surface area (Å²) in [5.41, 5.74) is 12.2. The number of rotatable bonds is 6. The summed E-state index contributed by atoms with van der Waals surface area (Å²) in [6.07, 6.45) is 0. The highest BCUT2D eigenvalue weighted by atomic mass is 16.3. The molecular formula is C58H37NO. The molecule has 0 aliphatic heterocycles. The average molecular weight is 764 g/mol. The number of hydrogen-bond donors (Lipinski definition) is 0. The molecule has 280 valence electrons. The molecule has 0 aliphatic carbocycles. The van der Waals surface area contributed by atoms with Gasteiger partial charge in [0.05, 0.1) is 11.4 Å². The molecular weight excluding hydrogens is 727 g/mol. The lowest BCUT2D eigenvalue weighted by Crippen LogP contribution is -2.11. The van der Waals surface area contributed by atoms with E-state index in [0.29, 0.717) is 0 Å². The summed E-state index contributed by atoms with van der Waals surface area (Å²) in [6, 6.07) is 81.4. The van der Waals surface area contributed by atoms with Gasteiger partial charge in [0, 0.05) is 32.8 Å². The Morgan fingerprint density at radius 2 is 0.850 bits per heavy atom. The van der Waals surface area contributed by atoms with E-state index in [1.165, 1.54) is 60.0 Å². The summed E-state index contributed by atoms with van der Waals surface area (Å²) >= 11 is 0. The largest absolute Gasteiger partial charge is 0.455 e. The molecule has 12 aromatic rings. The maximum atomic E-state index is 6.54. The van der Waals surface area contributed by atoms with Crippen molar-refractivity contribution in [3.63, 3.8) is 0 Å². The minimum absolute atomic E-state index is 0.889. The van der Waals surface area contributed by atoms with Gasteiger partial charge in [-0.25, -0.2) is 0 Å².